The quantitative estimate of drug-likeness (QED) is 0.0465. The van der Waals surface area contributed by atoms with Gasteiger partial charge in [-0.05, 0) is 38.5 Å². The average Bonchev–Trinajstić information content (AvgIpc) is 2.99. The van der Waals surface area contributed by atoms with Gasteiger partial charge in [0.1, 0.15) is 6.61 Å². The number of aliphatic hydroxyl groups is 1. The van der Waals surface area contributed by atoms with Crippen molar-refractivity contribution in [3.63, 3.8) is 0 Å². The first kappa shape index (κ1) is 40.6. The molecule has 5 nitrogen and oxygen atoms in total. The summed E-state index contributed by atoms with van der Waals surface area (Å²) in [6.45, 7) is 4.13. The van der Waals surface area contributed by atoms with Crippen LogP contribution in [0.15, 0.2) is 12.2 Å². The number of hydrogen-bond donors (Lipinski definition) is 1. The summed E-state index contributed by atoms with van der Waals surface area (Å²) in [4.78, 5) is 24.1. The van der Waals surface area contributed by atoms with E-state index in [2.05, 4.69) is 26.0 Å². The lowest BCUT2D eigenvalue weighted by Gasteiger charge is -2.15. The van der Waals surface area contributed by atoms with Crippen LogP contribution in [0.2, 0.25) is 0 Å². The minimum absolute atomic E-state index is 0.0647. The zero-order chi connectivity index (χ0) is 30.8. The average molecular weight is 595 g/mol. The van der Waals surface area contributed by atoms with Gasteiger partial charge in [-0.3, -0.25) is 9.59 Å². The van der Waals surface area contributed by atoms with Gasteiger partial charge in [-0.25, -0.2) is 0 Å². The number of hydrogen-bond acceptors (Lipinski definition) is 5. The van der Waals surface area contributed by atoms with Gasteiger partial charge >= 0.3 is 11.9 Å². The van der Waals surface area contributed by atoms with Crippen LogP contribution >= 0.6 is 0 Å². The molecule has 0 rings (SSSR count). The molecule has 42 heavy (non-hydrogen) atoms. The standard InChI is InChI=1S/C37H70O5/c1-3-5-7-9-11-13-15-17-18-20-21-23-25-27-29-31-36(39)41-34-35(33-38)42-37(40)32-30-28-26-24-22-19-16-14-12-10-8-6-4-2/h17-18,35,38H,3-16,19-34H2,1-2H3/b18-17-/t35-/m0/s1. The summed E-state index contributed by atoms with van der Waals surface area (Å²) in [5.74, 6) is -0.593. The van der Waals surface area contributed by atoms with E-state index in [1.54, 1.807) is 0 Å². The van der Waals surface area contributed by atoms with Crippen molar-refractivity contribution in [2.45, 2.75) is 200 Å². The maximum Gasteiger partial charge on any atom is 0.306 e. The normalized spacial score (nSPS) is 12.2. The highest BCUT2D eigenvalue weighted by Gasteiger charge is 2.16. The van der Waals surface area contributed by atoms with E-state index < -0.39 is 6.10 Å². The third kappa shape index (κ3) is 31.6. The highest BCUT2D eigenvalue weighted by atomic mass is 16.6. The Labute approximate surface area is 261 Å². The highest BCUT2D eigenvalue weighted by Crippen LogP contribution is 2.14. The molecule has 0 radical (unpaired) electrons. The fourth-order valence-corrected chi connectivity index (χ4v) is 5.25. The number of allylic oxidation sites excluding steroid dienone is 2. The molecule has 0 fully saturated rings. The Morgan fingerprint density at radius 2 is 0.881 bits per heavy atom. The van der Waals surface area contributed by atoms with E-state index >= 15 is 0 Å². The number of aliphatic hydroxyl groups excluding tert-OH is 1. The number of rotatable bonds is 33. The van der Waals surface area contributed by atoms with Crippen LogP contribution in [0.25, 0.3) is 0 Å². The molecule has 1 atom stereocenters. The van der Waals surface area contributed by atoms with Crippen molar-refractivity contribution in [3.05, 3.63) is 12.2 Å². The second kappa shape index (κ2) is 34.1. The summed E-state index contributed by atoms with van der Waals surface area (Å²) < 4.78 is 10.6. The number of esters is 2. The number of carbonyl (C=O) groups is 2. The molecule has 5 heteroatoms. The molecular formula is C37H70O5. The van der Waals surface area contributed by atoms with Crippen molar-refractivity contribution >= 4 is 11.9 Å². The minimum Gasteiger partial charge on any atom is -0.462 e. The molecule has 248 valence electrons. The first-order valence-corrected chi connectivity index (χ1v) is 18.2. The number of unbranched alkanes of at least 4 members (excludes halogenated alkanes) is 23. The van der Waals surface area contributed by atoms with Crippen molar-refractivity contribution in [1.82, 2.24) is 0 Å². The Kier molecular flexibility index (Phi) is 33.0. The Bertz CT molecular complexity index is 603. The van der Waals surface area contributed by atoms with Crippen LogP contribution in [0.1, 0.15) is 194 Å². The van der Waals surface area contributed by atoms with Crippen molar-refractivity contribution in [1.29, 1.82) is 0 Å². The van der Waals surface area contributed by atoms with Crippen LogP contribution in [-0.4, -0.2) is 36.4 Å². The Morgan fingerprint density at radius 3 is 1.29 bits per heavy atom. The van der Waals surface area contributed by atoms with E-state index in [4.69, 9.17) is 9.47 Å². The molecule has 0 aromatic heterocycles. The molecule has 0 bridgehead atoms. The second-order valence-corrected chi connectivity index (χ2v) is 12.3. The van der Waals surface area contributed by atoms with Gasteiger partial charge in [0.05, 0.1) is 6.61 Å². The largest absolute Gasteiger partial charge is 0.462 e. The van der Waals surface area contributed by atoms with Crippen molar-refractivity contribution < 1.29 is 24.2 Å². The third-order valence-electron chi connectivity index (χ3n) is 8.06. The molecule has 0 aromatic rings. The van der Waals surface area contributed by atoms with E-state index in [9.17, 15) is 14.7 Å². The lowest BCUT2D eigenvalue weighted by Crippen LogP contribution is -2.28. The Morgan fingerprint density at radius 1 is 0.524 bits per heavy atom. The summed E-state index contributed by atoms with van der Waals surface area (Å²) in [5.41, 5.74) is 0. The predicted molar refractivity (Wildman–Crippen MR) is 178 cm³/mol. The molecule has 0 aromatic carbocycles. The lowest BCUT2D eigenvalue weighted by atomic mass is 10.0. The molecule has 0 spiro atoms. The predicted octanol–water partition coefficient (Wildman–Crippen LogP) is 11.0. The summed E-state index contributed by atoms with van der Waals surface area (Å²) in [6, 6.07) is 0. The minimum atomic E-state index is -0.766. The topological polar surface area (TPSA) is 72.8 Å². The molecule has 0 amide bonds. The summed E-state index contributed by atoms with van der Waals surface area (Å²) in [7, 11) is 0. The van der Waals surface area contributed by atoms with E-state index in [0.29, 0.717) is 12.8 Å². The highest BCUT2D eigenvalue weighted by molar-refractivity contribution is 5.70. The van der Waals surface area contributed by atoms with Crippen molar-refractivity contribution in [2.75, 3.05) is 13.2 Å². The zero-order valence-electron chi connectivity index (χ0n) is 28.0. The molecule has 1 N–H and O–H groups in total. The molecule has 0 heterocycles. The number of carbonyl (C=O) groups excluding carboxylic acids is 2. The SMILES string of the molecule is CCCCCCCC/C=C\CCCCCCCC(=O)OC[C@H](CO)OC(=O)CCCCCCCCCCCCCCC. The van der Waals surface area contributed by atoms with Gasteiger partial charge in [0.15, 0.2) is 6.10 Å². The molecule has 0 saturated heterocycles. The van der Waals surface area contributed by atoms with E-state index in [1.165, 1.54) is 122 Å². The maximum atomic E-state index is 12.1. The smallest absolute Gasteiger partial charge is 0.306 e. The van der Waals surface area contributed by atoms with Gasteiger partial charge in [-0.2, -0.15) is 0 Å². The molecule has 0 aliphatic heterocycles. The van der Waals surface area contributed by atoms with E-state index in [0.717, 1.165) is 44.9 Å². The Balaban J connectivity index is 3.55. The van der Waals surface area contributed by atoms with Crippen LogP contribution < -0.4 is 0 Å². The van der Waals surface area contributed by atoms with Crippen molar-refractivity contribution in [2.24, 2.45) is 0 Å². The monoisotopic (exact) mass is 595 g/mol. The first-order chi connectivity index (χ1) is 20.6. The molecule has 0 unspecified atom stereocenters. The van der Waals surface area contributed by atoms with Gasteiger partial charge in [0.25, 0.3) is 0 Å². The van der Waals surface area contributed by atoms with Crippen LogP contribution in [0.3, 0.4) is 0 Å². The van der Waals surface area contributed by atoms with Gasteiger partial charge < -0.3 is 14.6 Å². The van der Waals surface area contributed by atoms with Gasteiger partial charge in [0, 0.05) is 12.8 Å². The fraction of sp³-hybridized carbons (Fsp3) is 0.892. The van der Waals surface area contributed by atoms with Crippen LogP contribution in [0.5, 0.6) is 0 Å². The van der Waals surface area contributed by atoms with Crippen molar-refractivity contribution in [3.8, 4) is 0 Å². The molecular weight excluding hydrogens is 524 g/mol. The van der Waals surface area contributed by atoms with Crippen LogP contribution in [0.4, 0.5) is 0 Å². The number of ether oxygens (including phenoxy) is 2. The maximum absolute atomic E-state index is 12.1. The summed E-state index contributed by atoms with van der Waals surface area (Å²) in [6.07, 6.45) is 36.9. The molecule has 0 aliphatic carbocycles. The van der Waals surface area contributed by atoms with Gasteiger partial charge in [-0.1, -0.05) is 154 Å². The van der Waals surface area contributed by atoms with E-state index in [-0.39, 0.29) is 25.2 Å². The Hall–Kier alpha value is -1.36. The molecule has 0 aliphatic rings. The van der Waals surface area contributed by atoms with Gasteiger partial charge in [0.2, 0.25) is 0 Å². The van der Waals surface area contributed by atoms with Crippen LogP contribution in [-0.2, 0) is 19.1 Å². The molecule has 0 saturated carbocycles. The van der Waals surface area contributed by atoms with E-state index in [1.807, 2.05) is 0 Å². The summed E-state index contributed by atoms with van der Waals surface area (Å²) in [5, 5.41) is 9.52. The second-order valence-electron chi connectivity index (χ2n) is 12.3. The zero-order valence-corrected chi connectivity index (χ0v) is 28.0. The lowest BCUT2D eigenvalue weighted by molar-refractivity contribution is -0.161. The fourth-order valence-electron chi connectivity index (χ4n) is 5.25. The first-order valence-electron chi connectivity index (χ1n) is 18.2. The van der Waals surface area contributed by atoms with Crippen LogP contribution in [0, 0.1) is 0 Å². The summed E-state index contributed by atoms with van der Waals surface area (Å²) >= 11 is 0. The van der Waals surface area contributed by atoms with Gasteiger partial charge in [-0.15, -0.1) is 0 Å². The third-order valence-corrected chi connectivity index (χ3v) is 8.06.